The number of fused-ring (bicyclic) bond motifs is 1. The average Bonchev–Trinajstić information content (AvgIpc) is 2.92. The lowest BCUT2D eigenvalue weighted by atomic mass is 9.86. The molecule has 6 nitrogen and oxygen atoms in total. The zero-order chi connectivity index (χ0) is 31.2. The average molecular weight is 581 g/mol. The third-order valence-electron chi connectivity index (χ3n) is 7.96. The third-order valence-corrected chi connectivity index (χ3v) is 7.96. The highest BCUT2D eigenvalue weighted by Crippen LogP contribution is 2.48. The summed E-state index contributed by atoms with van der Waals surface area (Å²) in [5, 5.41) is 0. The molecule has 0 saturated carbocycles. The first-order valence-corrected chi connectivity index (χ1v) is 15.1. The molecule has 1 heterocycles. The smallest absolute Gasteiger partial charge is 0.174 e. The number of hydrogen-bond acceptors (Lipinski definition) is 6. The van der Waals surface area contributed by atoms with Gasteiger partial charge in [-0.2, -0.15) is 0 Å². The van der Waals surface area contributed by atoms with Crippen LogP contribution in [0.4, 0.5) is 0 Å². The summed E-state index contributed by atoms with van der Waals surface area (Å²) >= 11 is 0. The van der Waals surface area contributed by atoms with Crippen molar-refractivity contribution < 1.29 is 28.5 Å². The van der Waals surface area contributed by atoms with E-state index in [1.807, 2.05) is 18.2 Å². The molecule has 0 aromatic heterocycles. The lowest BCUT2D eigenvalue weighted by Crippen LogP contribution is -2.23. The second-order valence-corrected chi connectivity index (χ2v) is 13.8. The maximum Gasteiger partial charge on any atom is 0.174 e. The first-order chi connectivity index (χ1) is 19.7. The number of rotatable bonds is 12. The zero-order valence-electron chi connectivity index (χ0n) is 27.8. The summed E-state index contributed by atoms with van der Waals surface area (Å²) in [7, 11) is 6.55. The largest absolute Gasteiger partial charge is 0.496 e. The Bertz CT molecular complexity index is 1280. The molecule has 1 aliphatic rings. The van der Waals surface area contributed by atoms with Crippen LogP contribution in [-0.4, -0.2) is 34.2 Å². The monoisotopic (exact) mass is 580 g/mol. The normalized spacial score (nSPS) is 15.6. The lowest BCUT2D eigenvalue weighted by Gasteiger charge is -2.30. The van der Waals surface area contributed by atoms with E-state index in [4.69, 9.17) is 23.7 Å². The molecule has 42 heavy (non-hydrogen) atoms. The maximum atomic E-state index is 13.8. The minimum absolute atomic E-state index is 0.00704. The van der Waals surface area contributed by atoms with Crippen molar-refractivity contribution >= 4 is 5.78 Å². The minimum atomic E-state index is -0.482. The van der Waals surface area contributed by atoms with Gasteiger partial charge < -0.3 is 23.7 Å². The second kappa shape index (κ2) is 13.9. The Kier molecular flexibility index (Phi) is 11.0. The van der Waals surface area contributed by atoms with E-state index in [1.165, 1.54) is 12.0 Å². The molecule has 3 rings (SSSR count). The van der Waals surface area contributed by atoms with Crippen LogP contribution >= 0.6 is 0 Å². The third kappa shape index (κ3) is 8.23. The van der Waals surface area contributed by atoms with E-state index in [0.29, 0.717) is 46.1 Å². The van der Waals surface area contributed by atoms with E-state index in [-0.39, 0.29) is 17.6 Å². The fourth-order valence-electron chi connectivity index (χ4n) is 5.59. The van der Waals surface area contributed by atoms with E-state index in [1.54, 1.807) is 28.4 Å². The van der Waals surface area contributed by atoms with Gasteiger partial charge in [0.15, 0.2) is 17.3 Å². The van der Waals surface area contributed by atoms with E-state index >= 15 is 0 Å². The summed E-state index contributed by atoms with van der Waals surface area (Å²) in [6, 6.07) is 5.73. The number of methoxy groups -OCH3 is 4. The summed E-state index contributed by atoms with van der Waals surface area (Å²) in [6.45, 7) is 15.6. The predicted molar refractivity (Wildman–Crippen MR) is 170 cm³/mol. The van der Waals surface area contributed by atoms with Gasteiger partial charge in [0, 0.05) is 22.8 Å². The predicted octanol–water partition coefficient (Wildman–Crippen LogP) is 9.11. The van der Waals surface area contributed by atoms with Crippen LogP contribution in [0.2, 0.25) is 0 Å². The van der Waals surface area contributed by atoms with Gasteiger partial charge in [-0.1, -0.05) is 59.3 Å². The Morgan fingerprint density at radius 3 is 2.10 bits per heavy atom. The van der Waals surface area contributed by atoms with Gasteiger partial charge in [0.25, 0.3) is 0 Å². The molecular formula is C36H52O6. The molecule has 0 spiro atoms. The van der Waals surface area contributed by atoms with Crippen LogP contribution in [0.15, 0.2) is 29.8 Å². The molecule has 232 valence electrons. The minimum Gasteiger partial charge on any atom is -0.496 e. The number of carbonyl (C=O) groups is 1. The quantitative estimate of drug-likeness (QED) is 0.233. The highest BCUT2D eigenvalue weighted by molar-refractivity contribution is 6.03. The fraction of sp³-hybridized carbons (Fsp3) is 0.583. The Morgan fingerprint density at radius 2 is 1.52 bits per heavy atom. The van der Waals surface area contributed by atoms with Crippen LogP contribution in [0, 0.1) is 10.8 Å². The van der Waals surface area contributed by atoms with Gasteiger partial charge in [0.1, 0.15) is 28.9 Å². The molecule has 1 atom stereocenters. The Labute approximate surface area is 253 Å². The number of carbonyl (C=O) groups excluding carboxylic acids is 1. The number of hydrogen-bond donors (Lipinski definition) is 0. The van der Waals surface area contributed by atoms with E-state index in [0.717, 1.165) is 42.4 Å². The molecule has 0 amide bonds. The Morgan fingerprint density at radius 1 is 0.881 bits per heavy atom. The first-order valence-electron chi connectivity index (χ1n) is 15.1. The number of allylic oxidation sites excluding steroid dienone is 2. The molecule has 0 saturated heterocycles. The van der Waals surface area contributed by atoms with Crippen molar-refractivity contribution in [1.82, 2.24) is 0 Å². The van der Waals surface area contributed by atoms with Crippen molar-refractivity contribution in [2.75, 3.05) is 28.4 Å². The van der Waals surface area contributed by atoms with Gasteiger partial charge in [-0.05, 0) is 62.3 Å². The second-order valence-electron chi connectivity index (χ2n) is 13.8. The van der Waals surface area contributed by atoms with Crippen LogP contribution in [0.25, 0.3) is 0 Å². The molecule has 0 fully saturated rings. The van der Waals surface area contributed by atoms with Crippen molar-refractivity contribution in [3.8, 4) is 28.7 Å². The van der Waals surface area contributed by atoms with Crippen molar-refractivity contribution in [2.45, 2.75) is 99.5 Å². The van der Waals surface area contributed by atoms with E-state index in [9.17, 15) is 4.79 Å². The van der Waals surface area contributed by atoms with Gasteiger partial charge in [0.2, 0.25) is 0 Å². The van der Waals surface area contributed by atoms with Crippen LogP contribution in [0.3, 0.4) is 0 Å². The van der Waals surface area contributed by atoms with Crippen LogP contribution < -0.4 is 23.7 Å². The van der Waals surface area contributed by atoms with Crippen molar-refractivity contribution in [3.05, 3.63) is 52.1 Å². The van der Waals surface area contributed by atoms with Crippen molar-refractivity contribution in [1.29, 1.82) is 0 Å². The molecule has 0 N–H and O–H groups in total. The zero-order valence-corrected chi connectivity index (χ0v) is 27.8. The number of Topliss-reactive ketones (excluding diaryl/α,β-unsaturated/α-hetero) is 1. The van der Waals surface area contributed by atoms with Gasteiger partial charge >= 0.3 is 0 Å². The maximum absolute atomic E-state index is 13.8. The standard InChI is InChI=1S/C36H52O6/c1-23(13-12-19-35(2,3)4)14-15-25-24(16-17-28(38-8)33(25)40-10)30-21-27(37)32-31(42-30)22-29(39-9)26(34(32)41-11)18-20-36(5,6)7/h14,16-17,22,30H,12-13,15,18-21H2,1-11H3/b23-14+/t30-/m0/s1. The molecule has 0 radical (unpaired) electrons. The summed E-state index contributed by atoms with van der Waals surface area (Å²) in [5.74, 6) is 3.03. The Balaban J connectivity index is 2.01. The number of ether oxygens (including phenoxy) is 5. The van der Waals surface area contributed by atoms with Crippen LogP contribution in [0.1, 0.15) is 114 Å². The first kappa shape index (κ1) is 33.4. The van der Waals surface area contributed by atoms with E-state index in [2.05, 4.69) is 54.5 Å². The highest BCUT2D eigenvalue weighted by Gasteiger charge is 2.35. The van der Waals surface area contributed by atoms with Crippen molar-refractivity contribution in [3.63, 3.8) is 0 Å². The van der Waals surface area contributed by atoms with Crippen molar-refractivity contribution in [2.24, 2.45) is 10.8 Å². The molecule has 0 bridgehead atoms. The lowest BCUT2D eigenvalue weighted by molar-refractivity contribution is 0.0842. The van der Waals surface area contributed by atoms with Gasteiger partial charge in [-0.25, -0.2) is 0 Å². The fourth-order valence-corrected chi connectivity index (χ4v) is 5.59. The summed E-state index contributed by atoms with van der Waals surface area (Å²) < 4.78 is 29.7. The molecule has 2 aromatic rings. The molecule has 0 aliphatic carbocycles. The van der Waals surface area contributed by atoms with Crippen LogP contribution in [0.5, 0.6) is 28.7 Å². The number of ketones is 1. The SMILES string of the molecule is COc1cc2c(c(OC)c1CCC(C)(C)C)C(=O)C[C@@H](c1ccc(OC)c(OC)c1C/C=C(\C)CCCC(C)(C)C)O2. The summed E-state index contributed by atoms with van der Waals surface area (Å²) in [5.41, 5.74) is 5.06. The van der Waals surface area contributed by atoms with E-state index < -0.39 is 6.10 Å². The summed E-state index contributed by atoms with van der Waals surface area (Å²) in [4.78, 5) is 13.8. The molecule has 1 aliphatic heterocycles. The van der Waals surface area contributed by atoms with Crippen LogP contribution in [-0.2, 0) is 12.8 Å². The van der Waals surface area contributed by atoms with Gasteiger partial charge in [-0.15, -0.1) is 0 Å². The summed E-state index contributed by atoms with van der Waals surface area (Å²) in [6.07, 6.45) is 7.65. The van der Waals surface area contributed by atoms with Gasteiger partial charge in [-0.3, -0.25) is 4.79 Å². The number of benzene rings is 2. The topological polar surface area (TPSA) is 63.2 Å². The van der Waals surface area contributed by atoms with Gasteiger partial charge in [0.05, 0.1) is 34.9 Å². The molecular weight excluding hydrogens is 528 g/mol. The highest BCUT2D eigenvalue weighted by atomic mass is 16.5. The molecule has 6 heteroatoms. The molecule has 2 aromatic carbocycles. The Hall–Kier alpha value is -3.15. The molecule has 0 unspecified atom stereocenters.